The molecule has 1 atom stereocenters. The largest absolute Gasteiger partial charge is 0.397 e. The number of amides is 1. The van der Waals surface area contributed by atoms with E-state index in [4.69, 9.17) is 10.5 Å². The summed E-state index contributed by atoms with van der Waals surface area (Å²) >= 11 is 2.85. The van der Waals surface area contributed by atoms with Gasteiger partial charge in [0, 0.05) is 24.7 Å². The van der Waals surface area contributed by atoms with Crippen LogP contribution in [0.15, 0.2) is 41.7 Å². The summed E-state index contributed by atoms with van der Waals surface area (Å²) in [5, 5.41) is 13.5. The van der Waals surface area contributed by atoms with E-state index in [2.05, 4.69) is 40.4 Å². The Morgan fingerprint density at radius 1 is 1.29 bits per heavy atom. The van der Waals surface area contributed by atoms with Crippen LogP contribution in [0.4, 0.5) is 5.69 Å². The molecular formula is C24H26N6O2S2. The lowest BCUT2D eigenvalue weighted by Gasteiger charge is -2.14. The second kappa shape index (κ2) is 9.73. The van der Waals surface area contributed by atoms with E-state index in [1.807, 2.05) is 28.8 Å². The number of hydrogen-bond acceptors (Lipinski definition) is 8. The van der Waals surface area contributed by atoms with Crippen LogP contribution in [0.5, 0.6) is 0 Å². The molecule has 4 heterocycles. The molecule has 1 saturated heterocycles. The van der Waals surface area contributed by atoms with E-state index in [9.17, 15) is 4.79 Å². The SMILES string of the molecule is Cc1cccc(-n2c(SCC(=O)NCC3CCCO3)nnc2-c2sc3ncccc3c2N)c1C. The van der Waals surface area contributed by atoms with Crippen molar-refractivity contribution in [3.8, 4) is 16.4 Å². The number of aryl methyl sites for hydroxylation is 1. The van der Waals surface area contributed by atoms with Crippen LogP contribution in [0.2, 0.25) is 0 Å². The summed E-state index contributed by atoms with van der Waals surface area (Å²) in [6.45, 7) is 5.46. The second-order valence-electron chi connectivity index (χ2n) is 8.29. The average molecular weight is 495 g/mol. The van der Waals surface area contributed by atoms with E-state index in [1.165, 1.54) is 23.1 Å². The Kier molecular flexibility index (Phi) is 6.53. The van der Waals surface area contributed by atoms with Crippen LogP contribution in [0, 0.1) is 13.8 Å². The number of rotatable bonds is 7. The Hall–Kier alpha value is -2.95. The average Bonchev–Trinajstić information content (AvgIpc) is 3.58. The summed E-state index contributed by atoms with van der Waals surface area (Å²) < 4.78 is 7.59. The number of benzene rings is 1. The van der Waals surface area contributed by atoms with E-state index in [0.29, 0.717) is 23.2 Å². The number of carbonyl (C=O) groups excluding carboxylic acids is 1. The molecule has 3 N–H and O–H groups in total. The zero-order valence-electron chi connectivity index (χ0n) is 19.1. The number of pyridine rings is 1. The van der Waals surface area contributed by atoms with Gasteiger partial charge in [0.1, 0.15) is 4.83 Å². The Labute approximate surface area is 205 Å². The third-order valence-corrected chi connectivity index (χ3v) is 8.10. The van der Waals surface area contributed by atoms with Gasteiger partial charge >= 0.3 is 0 Å². The molecule has 10 heteroatoms. The van der Waals surface area contributed by atoms with Crippen LogP contribution >= 0.6 is 23.1 Å². The Morgan fingerprint density at radius 3 is 2.97 bits per heavy atom. The quantitative estimate of drug-likeness (QED) is 0.372. The molecule has 1 aromatic carbocycles. The van der Waals surface area contributed by atoms with Gasteiger partial charge in [-0.1, -0.05) is 23.9 Å². The second-order valence-corrected chi connectivity index (χ2v) is 10.2. The Balaban J connectivity index is 1.48. The van der Waals surface area contributed by atoms with E-state index in [1.54, 1.807) is 6.20 Å². The summed E-state index contributed by atoms with van der Waals surface area (Å²) in [6, 6.07) is 9.97. The summed E-state index contributed by atoms with van der Waals surface area (Å²) in [7, 11) is 0. The first-order valence-electron chi connectivity index (χ1n) is 11.2. The topological polar surface area (TPSA) is 108 Å². The van der Waals surface area contributed by atoms with Gasteiger partial charge in [0.15, 0.2) is 11.0 Å². The van der Waals surface area contributed by atoms with Crippen LogP contribution in [-0.2, 0) is 9.53 Å². The maximum Gasteiger partial charge on any atom is 0.230 e. The lowest BCUT2D eigenvalue weighted by Crippen LogP contribution is -2.32. The minimum atomic E-state index is -0.0526. The molecule has 0 saturated carbocycles. The van der Waals surface area contributed by atoms with Crippen molar-refractivity contribution in [2.24, 2.45) is 0 Å². The van der Waals surface area contributed by atoms with E-state index in [-0.39, 0.29) is 17.8 Å². The van der Waals surface area contributed by atoms with Gasteiger partial charge in [-0.15, -0.1) is 21.5 Å². The van der Waals surface area contributed by atoms with Gasteiger partial charge in [-0.25, -0.2) is 4.98 Å². The minimum Gasteiger partial charge on any atom is -0.397 e. The van der Waals surface area contributed by atoms with Crippen LogP contribution in [0.25, 0.3) is 26.6 Å². The molecule has 1 fully saturated rings. The number of nitrogens with zero attached hydrogens (tertiary/aromatic N) is 4. The number of ether oxygens (including phenoxy) is 1. The van der Waals surface area contributed by atoms with E-state index >= 15 is 0 Å². The molecule has 0 bridgehead atoms. The molecular weight excluding hydrogens is 468 g/mol. The number of hydrogen-bond donors (Lipinski definition) is 2. The van der Waals surface area contributed by atoms with Crippen molar-refractivity contribution >= 4 is 44.9 Å². The number of carbonyl (C=O) groups is 1. The first kappa shape index (κ1) is 22.8. The molecule has 4 aromatic rings. The Morgan fingerprint density at radius 2 is 2.18 bits per heavy atom. The predicted octanol–water partition coefficient (Wildman–Crippen LogP) is 4.13. The van der Waals surface area contributed by atoms with Crippen molar-refractivity contribution in [2.45, 2.75) is 37.9 Å². The fourth-order valence-electron chi connectivity index (χ4n) is 4.04. The van der Waals surface area contributed by atoms with Crippen molar-refractivity contribution in [1.29, 1.82) is 0 Å². The summed E-state index contributed by atoms with van der Waals surface area (Å²) in [6.07, 6.45) is 3.91. The molecule has 0 aliphatic carbocycles. The van der Waals surface area contributed by atoms with Gasteiger partial charge in [-0.2, -0.15) is 0 Å². The van der Waals surface area contributed by atoms with Gasteiger partial charge in [-0.3, -0.25) is 9.36 Å². The van der Waals surface area contributed by atoms with E-state index in [0.717, 1.165) is 51.4 Å². The van der Waals surface area contributed by atoms with Gasteiger partial charge in [-0.05, 0) is 56.0 Å². The molecule has 1 unspecified atom stereocenters. The van der Waals surface area contributed by atoms with Crippen molar-refractivity contribution in [3.63, 3.8) is 0 Å². The molecule has 0 radical (unpaired) electrons. The van der Waals surface area contributed by atoms with E-state index < -0.39 is 0 Å². The zero-order valence-corrected chi connectivity index (χ0v) is 20.7. The number of thiophene rings is 1. The third kappa shape index (κ3) is 4.40. The molecule has 1 amide bonds. The highest BCUT2D eigenvalue weighted by Crippen LogP contribution is 2.41. The molecule has 176 valence electrons. The maximum atomic E-state index is 12.5. The number of nitrogen functional groups attached to an aromatic ring is 1. The van der Waals surface area contributed by atoms with Crippen LogP contribution < -0.4 is 11.1 Å². The van der Waals surface area contributed by atoms with Crippen molar-refractivity contribution in [1.82, 2.24) is 25.1 Å². The lowest BCUT2D eigenvalue weighted by atomic mass is 10.1. The maximum absolute atomic E-state index is 12.5. The number of thioether (sulfide) groups is 1. The molecule has 3 aromatic heterocycles. The number of nitrogens with two attached hydrogens (primary N) is 1. The van der Waals surface area contributed by atoms with Gasteiger partial charge in [0.05, 0.1) is 28.1 Å². The number of nitrogens with one attached hydrogen (secondary N) is 1. The van der Waals surface area contributed by atoms with Crippen molar-refractivity contribution < 1.29 is 9.53 Å². The normalized spacial score (nSPS) is 15.8. The zero-order chi connectivity index (χ0) is 23.7. The molecule has 1 aliphatic heterocycles. The van der Waals surface area contributed by atoms with Gasteiger partial charge in [0.2, 0.25) is 5.91 Å². The Bertz CT molecular complexity index is 1340. The highest BCUT2D eigenvalue weighted by molar-refractivity contribution is 7.99. The summed E-state index contributed by atoms with van der Waals surface area (Å²) in [5.41, 5.74) is 10.4. The third-order valence-electron chi connectivity index (χ3n) is 6.04. The number of aromatic nitrogens is 4. The fraction of sp³-hybridized carbons (Fsp3) is 0.333. The highest BCUT2D eigenvalue weighted by atomic mass is 32.2. The van der Waals surface area contributed by atoms with Gasteiger partial charge in [0.25, 0.3) is 0 Å². The first-order chi connectivity index (χ1) is 16.5. The summed E-state index contributed by atoms with van der Waals surface area (Å²) in [4.78, 5) is 18.6. The first-order valence-corrected chi connectivity index (χ1v) is 13.0. The molecule has 0 spiro atoms. The minimum absolute atomic E-state index is 0.0526. The monoisotopic (exact) mass is 494 g/mol. The van der Waals surface area contributed by atoms with Crippen molar-refractivity contribution in [2.75, 3.05) is 24.6 Å². The molecule has 5 rings (SSSR count). The lowest BCUT2D eigenvalue weighted by molar-refractivity contribution is -0.119. The van der Waals surface area contributed by atoms with Crippen LogP contribution in [0.3, 0.4) is 0 Å². The van der Waals surface area contributed by atoms with Crippen molar-refractivity contribution in [3.05, 3.63) is 47.7 Å². The predicted molar refractivity (Wildman–Crippen MR) is 137 cm³/mol. The highest BCUT2D eigenvalue weighted by Gasteiger charge is 2.23. The summed E-state index contributed by atoms with van der Waals surface area (Å²) in [5.74, 6) is 0.832. The number of fused-ring (bicyclic) bond motifs is 1. The number of anilines is 1. The fourth-order valence-corrected chi connectivity index (χ4v) is 5.85. The van der Waals surface area contributed by atoms with Crippen LogP contribution in [0.1, 0.15) is 24.0 Å². The molecule has 34 heavy (non-hydrogen) atoms. The molecule has 8 nitrogen and oxygen atoms in total. The smallest absolute Gasteiger partial charge is 0.230 e. The molecule has 1 aliphatic rings. The van der Waals surface area contributed by atoms with Gasteiger partial charge < -0.3 is 15.8 Å². The van der Waals surface area contributed by atoms with Crippen LogP contribution in [-0.4, -0.2) is 50.7 Å². The standard InChI is InChI=1S/C24H26N6O2S2/c1-14-6-3-9-18(15(14)2)30-22(21-20(25)17-8-4-10-26-23(17)34-21)28-29-24(30)33-13-19(31)27-12-16-7-5-11-32-16/h3-4,6,8-10,16H,5,7,11-13,25H2,1-2H3,(H,27,31).